The monoisotopic (exact) mass is 448 g/mol. The van der Waals surface area contributed by atoms with Crippen LogP contribution in [-0.4, -0.2) is 38.2 Å². The first-order valence-corrected chi connectivity index (χ1v) is 11.2. The van der Waals surface area contributed by atoms with E-state index in [1.54, 1.807) is 12.1 Å². The smallest absolute Gasteiger partial charge is 0.332 e. The molecule has 33 heavy (non-hydrogen) atoms. The third-order valence-corrected chi connectivity index (χ3v) is 6.72. The van der Waals surface area contributed by atoms with Crippen LogP contribution in [0.4, 0.5) is 4.39 Å². The highest BCUT2D eigenvalue weighted by molar-refractivity contribution is 5.79. The maximum absolute atomic E-state index is 13.6. The molecule has 0 aliphatic carbocycles. The number of aromatic nitrogens is 3. The number of amides is 1. The van der Waals surface area contributed by atoms with E-state index in [1.807, 2.05) is 36.1 Å². The number of hydrogen-bond donors (Lipinski definition) is 0. The van der Waals surface area contributed by atoms with Crippen LogP contribution in [0.15, 0.2) is 58.1 Å². The number of halogens is 1. The highest BCUT2D eigenvalue weighted by atomic mass is 19.1. The number of likely N-dealkylation sites (tertiary alicyclic amines) is 1. The summed E-state index contributed by atoms with van der Waals surface area (Å²) in [6.45, 7) is 3.58. The fourth-order valence-corrected chi connectivity index (χ4v) is 4.88. The van der Waals surface area contributed by atoms with Gasteiger partial charge in [-0.05, 0) is 42.5 Å². The lowest BCUT2D eigenvalue weighted by atomic mass is 9.87. The highest BCUT2D eigenvalue weighted by Crippen LogP contribution is 2.37. The molecule has 0 N–H and O–H groups in total. The van der Waals surface area contributed by atoms with E-state index in [1.165, 1.54) is 16.7 Å². The van der Waals surface area contributed by atoms with Gasteiger partial charge in [0.15, 0.2) is 0 Å². The number of aryl methyl sites for hydroxylation is 1. The molecular formula is C25H25FN4O3. The van der Waals surface area contributed by atoms with Gasteiger partial charge >= 0.3 is 11.1 Å². The van der Waals surface area contributed by atoms with E-state index < -0.39 is 16.9 Å². The molecule has 170 valence electrons. The van der Waals surface area contributed by atoms with Gasteiger partial charge in [0.05, 0.1) is 13.0 Å². The van der Waals surface area contributed by atoms with Gasteiger partial charge in [0.1, 0.15) is 11.6 Å². The summed E-state index contributed by atoms with van der Waals surface area (Å²) in [5, 5.41) is 4.52. The van der Waals surface area contributed by atoms with E-state index in [2.05, 4.69) is 5.10 Å². The fourth-order valence-electron chi connectivity index (χ4n) is 4.88. The molecule has 3 heterocycles. The quantitative estimate of drug-likeness (QED) is 0.573. The van der Waals surface area contributed by atoms with Crippen molar-refractivity contribution in [2.75, 3.05) is 13.1 Å². The number of carbonyl (C=O) groups excluding carboxylic acids is 1. The number of rotatable bonds is 4. The molecule has 7 nitrogen and oxygen atoms in total. The van der Waals surface area contributed by atoms with Crippen LogP contribution in [-0.2, 0) is 24.3 Å². The maximum Gasteiger partial charge on any atom is 0.332 e. The molecule has 0 bridgehead atoms. The van der Waals surface area contributed by atoms with Crippen molar-refractivity contribution < 1.29 is 9.18 Å². The van der Waals surface area contributed by atoms with E-state index in [0.29, 0.717) is 37.4 Å². The zero-order valence-electron chi connectivity index (χ0n) is 18.4. The van der Waals surface area contributed by atoms with Crippen LogP contribution in [0.1, 0.15) is 34.9 Å². The second-order valence-electron chi connectivity index (χ2n) is 9.02. The molecule has 1 fully saturated rings. The Labute approximate surface area is 190 Å². The molecule has 2 atom stereocenters. The van der Waals surface area contributed by atoms with E-state index in [4.69, 9.17) is 0 Å². The summed E-state index contributed by atoms with van der Waals surface area (Å²) in [5.74, 6) is 0.236. The summed E-state index contributed by atoms with van der Waals surface area (Å²) >= 11 is 0. The summed E-state index contributed by atoms with van der Waals surface area (Å²) in [7, 11) is 0. The van der Waals surface area contributed by atoms with E-state index in [0.717, 1.165) is 22.2 Å². The van der Waals surface area contributed by atoms with Crippen LogP contribution in [0.25, 0.3) is 0 Å². The van der Waals surface area contributed by atoms with Crippen molar-refractivity contribution in [1.82, 2.24) is 19.2 Å². The Kier molecular flexibility index (Phi) is 5.44. The molecule has 3 aromatic rings. The summed E-state index contributed by atoms with van der Waals surface area (Å²) in [6.07, 6.45) is 1.09. The number of benzene rings is 2. The predicted octanol–water partition coefficient (Wildman–Crippen LogP) is 2.09. The first kappa shape index (κ1) is 21.3. The topological polar surface area (TPSA) is 77.2 Å². The van der Waals surface area contributed by atoms with Crippen LogP contribution >= 0.6 is 0 Å². The molecule has 0 spiro atoms. The van der Waals surface area contributed by atoms with E-state index >= 15 is 0 Å². The van der Waals surface area contributed by atoms with Gasteiger partial charge < -0.3 is 4.90 Å². The molecule has 1 aromatic heterocycles. The Morgan fingerprint density at radius 1 is 1.06 bits per heavy atom. The second kappa shape index (κ2) is 8.42. The van der Waals surface area contributed by atoms with Crippen molar-refractivity contribution in [3.63, 3.8) is 0 Å². The van der Waals surface area contributed by atoms with Gasteiger partial charge in [0.2, 0.25) is 5.91 Å². The van der Waals surface area contributed by atoms with Crippen molar-refractivity contribution in [2.24, 2.45) is 5.92 Å². The minimum absolute atomic E-state index is 0.0210. The lowest BCUT2D eigenvalue weighted by Crippen LogP contribution is -2.44. The van der Waals surface area contributed by atoms with Crippen LogP contribution in [0.2, 0.25) is 0 Å². The van der Waals surface area contributed by atoms with Gasteiger partial charge in [0.25, 0.3) is 0 Å². The van der Waals surface area contributed by atoms with Crippen molar-refractivity contribution >= 4 is 5.91 Å². The largest absolute Gasteiger partial charge is 0.342 e. The van der Waals surface area contributed by atoms with Gasteiger partial charge in [-0.15, -0.1) is 0 Å². The summed E-state index contributed by atoms with van der Waals surface area (Å²) < 4.78 is 16.2. The zero-order chi connectivity index (χ0) is 23.1. The normalized spacial score (nSPS) is 19.3. The minimum atomic E-state index is -0.714. The standard InChI is InChI=1S/C25H25FN4O3/c1-16-5-7-17(8-6-16)12-22(31)28-10-9-19-14-29-23(21(19)15-28)27-30(25(33)24(29)32)13-18-3-2-4-20(26)11-18/h2-8,11,19,21H,9-10,12-15H2,1H3/t19-,21+/m1/s1. The average molecular weight is 448 g/mol. The number of hydrogen-bond acceptors (Lipinski definition) is 4. The van der Waals surface area contributed by atoms with Crippen molar-refractivity contribution in [3.8, 4) is 0 Å². The molecule has 2 aromatic carbocycles. The lowest BCUT2D eigenvalue weighted by Gasteiger charge is -2.34. The Morgan fingerprint density at radius 2 is 1.85 bits per heavy atom. The third kappa shape index (κ3) is 4.13. The van der Waals surface area contributed by atoms with Gasteiger partial charge in [-0.2, -0.15) is 5.10 Å². The SMILES string of the molecule is Cc1ccc(CC(=O)N2CC[C@@H]3Cn4c(nn(Cc5cccc(F)c5)c(=O)c4=O)[C@H]3C2)cc1. The molecule has 0 unspecified atom stereocenters. The van der Waals surface area contributed by atoms with Crippen molar-refractivity contribution in [1.29, 1.82) is 0 Å². The minimum Gasteiger partial charge on any atom is -0.342 e. The molecule has 0 radical (unpaired) electrons. The number of piperidine rings is 1. The molecule has 2 aliphatic heterocycles. The van der Waals surface area contributed by atoms with Gasteiger partial charge in [-0.25, -0.2) is 9.07 Å². The van der Waals surface area contributed by atoms with Crippen LogP contribution in [0, 0.1) is 18.7 Å². The molecule has 2 aliphatic rings. The molecule has 1 amide bonds. The highest BCUT2D eigenvalue weighted by Gasteiger charge is 2.41. The van der Waals surface area contributed by atoms with E-state index in [-0.39, 0.29) is 24.3 Å². The number of fused-ring (bicyclic) bond motifs is 3. The molecule has 5 rings (SSSR count). The lowest BCUT2D eigenvalue weighted by molar-refractivity contribution is -0.132. The van der Waals surface area contributed by atoms with Crippen LogP contribution in [0.3, 0.4) is 0 Å². The van der Waals surface area contributed by atoms with Gasteiger partial charge in [-0.1, -0.05) is 42.0 Å². The average Bonchev–Trinajstić information content (AvgIpc) is 3.17. The first-order chi connectivity index (χ1) is 15.9. The van der Waals surface area contributed by atoms with E-state index in [9.17, 15) is 18.8 Å². The summed E-state index contributed by atoms with van der Waals surface area (Å²) in [6, 6.07) is 13.8. The Morgan fingerprint density at radius 3 is 2.61 bits per heavy atom. The Hall–Kier alpha value is -3.55. The number of nitrogens with zero attached hydrogens (tertiary/aromatic N) is 4. The van der Waals surface area contributed by atoms with Crippen molar-refractivity contribution in [3.05, 3.63) is 97.6 Å². The number of carbonyl (C=O) groups is 1. The van der Waals surface area contributed by atoms with Gasteiger partial charge in [0, 0.05) is 25.6 Å². The van der Waals surface area contributed by atoms with Crippen LogP contribution < -0.4 is 11.1 Å². The predicted molar refractivity (Wildman–Crippen MR) is 121 cm³/mol. The summed E-state index contributed by atoms with van der Waals surface area (Å²) in [4.78, 5) is 40.2. The fraction of sp³-hybridized carbons (Fsp3) is 0.360. The molecular weight excluding hydrogens is 423 g/mol. The molecule has 0 saturated carbocycles. The molecule has 1 saturated heterocycles. The first-order valence-electron chi connectivity index (χ1n) is 11.2. The zero-order valence-corrected chi connectivity index (χ0v) is 18.4. The van der Waals surface area contributed by atoms with Crippen LogP contribution in [0.5, 0.6) is 0 Å². The second-order valence-corrected chi connectivity index (χ2v) is 9.02. The molecule has 8 heteroatoms. The summed E-state index contributed by atoms with van der Waals surface area (Å²) in [5.41, 5.74) is 1.35. The maximum atomic E-state index is 13.6. The van der Waals surface area contributed by atoms with Gasteiger partial charge in [-0.3, -0.25) is 19.0 Å². The van der Waals surface area contributed by atoms with Crippen molar-refractivity contribution in [2.45, 2.75) is 38.8 Å². The Balaban J connectivity index is 1.39. The third-order valence-electron chi connectivity index (χ3n) is 6.72. The Bertz CT molecular complexity index is 1330.